The number of esters is 1. The Hall–Kier alpha value is -3.42. The molecular formula is C22H25NO7. The number of phenolic OH excluding ortho intramolecular Hbond substituents is 2. The predicted octanol–water partition coefficient (Wildman–Crippen LogP) is 2.92. The van der Waals surface area contributed by atoms with Crippen LogP contribution in [0, 0.1) is 6.92 Å². The summed E-state index contributed by atoms with van der Waals surface area (Å²) in [7, 11) is 4.19. The van der Waals surface area contributed by atoms with Crippen molar-refractivity contribution in [3.8, 4) is 23.0 Å². The molecule has 0 radical (unpaired) electrons. The van der Waals surface area contributed by atoms with Crippen LogP contribution in [0.4, 0.5) is 0 Å². The van der Waals surface area contributed by atoms with Gasteiger partial charge in [-0.15, -0.1) is 0 Å². The summed E-state index contributed by atoms with van der Waals surface area (Å²) < 4.78 is 15.3. The fraction of sp³-hybridized carbons (Fsp3) is 0.364. The lowest BCUT2D eigenvalue weighted by Crippen LogP contribution is -2.30. The SMILES string of the molecule is COC(=O)CCCN1C(=O)c2c(OC)cc(O)cc2[C@H]1c1cc(C)cc(OC)c1O. The van der Waals surface area contributed by atoms with Crippen LogP contribution in [0.2, 0.25) is 0 Å². The number of phenols is 2. The van der Waals surface area contributed by atoms with Gasteiger partial charge >= 0.3 is 5.97 Å². The molecule has 8 nitrogen and oxygen atoms in total. The molecule has 2 N–H and O–H groups in total. The van der Waals surface area contributed by atoms with E-state index >= 15 is 0 Å². The zero-order valence-electron chi connectivity index (χ0n) is 17.4. The van der Waals surface area contributed by atoms with E-state index in [0.29, 0.717) is 23.1 Å². The van der Waals surface area contributed by atoms with Gasteiger partial charge in [0, 0.05) is 24.6 Å². The molecule has 0 unspecified atom stereocenters. The van der Waals surface area contributed by atoms with Gasteiger partial charge in [-0.3, -0.25) is 9.59 Å². The lowest BCUT2D eigenvalue weighted by atomic mass is 9.94. The van der Waals surface area contributed by atoms with Gasteiger partial charge in [0.25, 0.3) is 5.91 Å². The molecule has 3 rings (SSSR count). The molecule has 0 saturated heterocycles. The molecule has 0 aliphatic carbocycles. The van der Waals surface area contributed by atoms with Crippen molar-refractivity contribution in [2.45, 2.75) is 25.8 Å². The van der Waals surface area contributed by atoms with Gasteiger partial charge in [0.2, 0.25) is 0 Å². The number of aryl methyl sites for hydroxylation is 1. The summed E-state index contributed by atoms with van der Waals surface area (Å²) in [5.74, 6) is -0.294. The van der Waals surface area contributed by atoms with Crippen LogP contribution in [-0.4, -0.2) is 54.9 Å². The maximum absolute atomic E-state index is 13.3. The van der Waals surface area contributed by atoms with Crippen LogP contribution in [0.25, 0.3) is 0 Å². The van der Waals surface area contributed by atoms with Crippen molar-refractivity contribution < 1.29 is 34.0 Å². The standard InChI is InChI=1S/C22H25NO7/c1-12-8-15(21(26)17(9-12)29-3)20-14-10-13(24)11-16(28-2)19(14)22(27)23(20)7-5-6-18(25)30-4/h8-11,20,24,26H,5-7H2,1-4H3/t20-/m0/s1. The normalized spacial score (nSPS) is 15.1. The second kappa shape index (κ2) is 8.52. The minimum absolute atomic E-state index is 0.0566. The van der Waals surface area contributed by atoms with Crippen molar-refractivity contribution in [1.29, 1.82) is 0 Å². The van der Waals surface area contributed by atoms with Gasteiger partial charge in [-0.2, -0.15) is 0 Å². The van der Waals surface area contributed by atoms with Crippen molar-refractivity contribution in [2.24, 2.45) is 0 Å². The highest BCUT2D eigenvalue weighted by Crippen LogP contribution is 2.48. The molecule has 0 fully saturated rings. The van der Waals surface area contributed by atoms with Crippen LogP contribution < -0.4 is 9.47 Å². The Morgan fingerprint density at radius 2 is 1.73 bits per heavy atom. The number of carbonyl (C=O) groups is 2. The average molecular weight is 415 g/mol. The summed E-state index contributed by atoms with van der Waals surface area (Å²) in [5.41, 5.74) is 2.13. The molecule has 1 amide bonds. The average Bonchev–Trinajstić information content (AvgIpc) is 3.00. The predicted molar refractivity (Wildman–Crippen MR) is 108 cm³/mol. The van der Waals surface area contributed by atoms with Crippen LogP contribution in [-0.2, 0) is 9.53 Å². The number of hydrogen-bond donors (Lipinski definition) is 2. The highest BCUT2D eigenvalue weighted by molar-refractivity contribution is 6.02. The number of carbonyl (C=O) groups excluding carboxylic acids is 2. The van der Waals surface area contributed by atoms with E-state index < -0.39 is 6.04 Å². The van der Waals surface area contributed by atoms with E-state index in [4.69, 9.17) is 9.47 Å². The van der Waals surface area contributed by atoms with Crippen LogP contribution in [0.3, 0.4) is 0 Å². The Morgan fingerprint density at radius 3 is 2.37 bits per heavy atom. The van der Waals surface area contributed by atoms with Crippen LogP contribution in [0.15, 0.2) is 24.3 Å². The number of nitrogens with zero attached hydrogens (tertiary/aromatic N) is 1. The molecule has 0 bridgehead atoms. The summed E-state index contributed by atoms with van der Waals surface area (Å²) in [6.45, 7) is 2.10. The maximum Gasteiger partial charge on any atom is 0.305 e. The van der Waals surface area contributed by atoms with Crippen molar-refractivity contribution in [3.63, 3.8) is 0 Å². The van der Waals surface area contributed by atoms with E-state index in [1.165, 1.54) is 33.5 Å². The fourth-order valence-corrected chi connectivity index (χ4v) is 3.85. The highest BCUT2D eigenvalue weighted by Gasteiger charge is 2.41. The number of ether oxygens (including phenoxy) is 3. The van der Waals surface area contributed by atoms with Crippen molar-refractivity contribution >= 4 is 11.9 Å². The molecular weight excluding hydrogens is 390 g/mol. The van der Waals surface area contributed by atoms with Crippen LogP contribution in [0.1, 0.15) is 45.9 Å². The van der Waals surface area contributed by atoms with E-state index in [2.05, 4.69) is 4.74 Å². The van der Waals surface area contributed by atoms with Crippen molar-refractivity contribution in [1.82, 2.24) is 4.90 Å². The number of amides is 1. The molecule has 2 aromatic rings. The zero-order chi connectivity index (χ0) is 22.0. The van der Waals surface area contributed by atoms with Crippen LogP contribution in [0.5, 0.6) is 23.0 Å². The largest absolute Gasteiger partial charge is 0.508 e. The van der Waals surface area contributed by atoms with Crippen molar-refractivity contribution in [2.75, 3.05) is 27.9 Å². The van der Waals surface area contributed by atoms with E-state index in [1.807, 2.05) is 6.92 Å². The maximum atomic E-state index is 13.3. The zero-order valence-corrected chi connectivity index (χ0v) is 17.4. The summed E-state index contributed by atoms with van der Waals surface area (Å²) >= 11 is 0. The second-order valence-electron chi connectivity index (χ2n) is 7.10. The molecule has 2 aromatic carbocycles. The Balaban J connectivity index is 2.14. The summed E-state index contributed by atoms with van der Waals surface area (Å²) in [6.07, 6.45) is 0.524. The number of benzene rings is 2. The van der Waals surface area contributed by atoms with Gasteiger partial charge in [0.05, 0.1) is 32.9 Å². The lowest BCUT2D eigenvalue weighted by Gasteiger charge is -2.27. The molecule has 1 atom stereocenters. The molecule has 1 aliphatic heterocycles. The van der Waals surface area contributed by atoms with Gasteiger partial charge in [-0.05, 0) is 42.7 Å². The van der Waals surface area contributed by atoms with Gasteiger partial charge in [-0.1, -0.05) is 0 Å². The Labute approximate surface area is 174 Å². The Bertz CT molecular complexity index is 986. The molecule has 1 heterocycles. The molecule has 160 valence electrons. The summed E-state index contributed by atoms with van der Waals surface area (Å²) in [5, 5.41) is 21.0. The topological polar surface area (TPSA) is 106 Å². The Morgan fingerprint density at radius 1 is 1.03 bits per heavy atom. The minimum Gasteiger partial charge on any atom is -0.508 e. The first kappa shape index (κ1) is 21.3. The van der Waals surface area contributed by atoms with Crippen molar-refractivity contribution in [3.05, 3.63) is 46.5 Å². The first-order chi connectivity index (χ1) is 14.3. The van der Waals surface area contributed by atoms with Gasteiger partial charge in [0.1, 0.15) is 11.5 Å². The van der Waals surface area contributed by atoms with Crippen LogP contribution >= 0.6 is 0 Å². The van der Waals surface area contributed by atoms with E-state index in [0.717, 1.165) is 5.56 Å². The third kappa shape index (κ3) is 3.72. The number of methoxy groups -OCH3 is 3. The summed E-state index contributed by atoms with van der Waals surface area (Å²) in [6, 6.07) is 5.66. The van der Waals surface area contributed by atoms with Gasteiger partial charge < -0.3 is 29.3 Å². The summed E-state index contributed by atoms with van der Waals surface area (Å²) in [4.78, 5) is 26.4. The van der Waals surface area contributed by atoms with Gasteiger partial charge in [0.15, 0.2) is 11.5 Å². The van der Waals surface area contributed by atoms with E-state index in [1.54, 1.807) is 17.0 Å². The fourth-order valence-electron chi connectivity index (χ4n) is 3.85. The first-order valence-electron chi connectivity index (χ1n) is 9.48. The first-order valence-corrected chi connectivity index (χ1v) is 9.48. The molecule has 1 aliphatic rings. The lowest BCUT2D eigenvalue weighted by molar-refractivity contribution is -0.140. The molecule has 8 heteroatoms. The quantitative estimate of drug-likeness (QED) is 0.670. The van der Waals surface area contributed by atoms with Gasteiger partial charge in [-0.25, -0.2) is 0 Å². The molecule has 30 heavy (non-hydrogen) atoms. The third-order valence-electron chi connectivity index (χ3n) is 5.19. The Kier molecular flexibility index (Phi) is 6.05. The van der Waals surface area contributed by atoms with E-state index in [-0.39, 0.29) is 47.8 Å². The third-order valence-corrected chi connectivity index (χ3v) is 5.19. The smallest absolute Gasteiger partial charge is 0.305 e. The highest BCUT2D eigenvalue weighted by atomic mass is 16.5. The van der Waals surface area contributed by atoms with E-state index in [9.17, 15) is 19.8 Å². The number of hydrogen-bond acceptors (Lipinski definition) is 7. The number of rotatable bonds is 7. The second-order valence-corrected chi connectivity index (χ2v) is 7.10. The molecule has 0 spiro atoms. The molecule has 0 saturated carbocycles. The monoisotopic (exact) mass is 415 g/mol. The molecule has 0 aromatic heterocycles. The number of aromatic hydroxyl groups is 2. The number of fused-ring (bicyclic) bond motifs is 1. The minimum atomic E-state index is -0.681.